The first-order valence-corrected chi connectivity index (χ1v) is 9.24. The Morgan fingerprint density at radius 2 is 2.04 bits per heavy atom. The number of carbonyl (C=O) groups is 2. The van der Waals surface area contributed by atoms with Gasteiger partial charge in [0.25, 0.3) is 5.91 Å². The van der Waals surface area contributed by atoms with Gasteiger partial charge in [0.05, 0.1) is 0 Å². The predicted molar refractivity (Wildman–Crippen MR) is 106 cm³/mol. The Hall–Kier alpha value is -2.73. The monoisotopic (exact) mass is 366 g/mol. The summed E-state index contributed by atoms with van der Waals surface area (Å²) in [5.74, 6) is 0.424. The third-order valence-electron chi connectivity index (χ3n) is 4.61. The van der Waals surface area contributed by atoms with E-state index in [9.17, 15) is 9.59 Å². The van der Waals surface area contributed by atoms with Crippen LogP contribution in [0.15, 0.2) is 36.4 Å². The summed E-state index contributed by atoms with van der Waals surface area (Å²) in [6.07, 6.45) is 0.956. The van der Waals surface area contributed by atoms with E-state index < -0.39 is 0 Å². The highest BCUT2D eigenvalue weighted by molar-refractivity contribution is 6.03. The minimum Gasteiger partial charge on any atom is -0.352 e. The number of likely N-dealkylation sites (tertiary alicyclic amines) is 1. The van der Waals surface area contributed by atoms with Crippen LogP contribution in [0.2, 0.25) is 0 Å². The first-order valence-electron chi connectivity index (χ1n) is 9.24. The molecule has 1 aliphatic heterocycles. The summed E-state index contributed by atoms with van der Waals surface area (Å²) < 4.78 is 0. The molecular weight excluding hydrogens is 340 g/mol. The normalized spacial score (nSPS) is 16.9. The van der Waals surface area contributed by atoms with Crippen LogP contribution in [0.4, 0.5) is 5.82 Å². The summed E-state index contributed by atoms with van der Waals surface area (Å²) in [7, 11) is 0. The molecule has 1 atom stereocenters. The summed E-state index contributed by atoms with van der Waals surface area (Å²) in [4.78, 5) is 30.4. The molecule has 0 bridgehead atoms. The summed E-state index contributed by atoms with van der Waals surface area (Å²) in [6.45, 7) is 7.98. The fraction of sp³-hybridized carbons (Fsp3) is 0.381. The maximum Gasteiger partial charge on any atom is 0.256 e. The zero-order valence-corrected chi connectivity index (χ0v) is 16.1. The molecule has 1 fully saturated rings. The molecule has 1 aromatic heterocycles. The van der Waals surface area contributed by atoms with E-state index in [1.807, 2.05) is 50.2 Å². The Labute approximate surface area is 160 Å². The molecule has 2 aromatic rings. The molecule has 2 amide bonds. The number of hydrogen-bond donors (Lipinski definition) is 2. The van der Waals surface area contributed by atoms with Gasteiger partial charge < -0.3 is 10.6 Å². The highest BCUT2D eigenvalue weighted by Crippen LogP contribution is 2.16. The lowest BCUT2D eigenvalue weighted by Gasteiger charge is -2.17. The number of carbonyl (C=O) groups excluding carboxylic acids is 2. The molecule has 0 saturated carbocycles. The van der Waals surface area contributed by atoms with Crippen LogP contribution < -0.4 is 10.6 Å². The van der Waals surface area contributed by atoms with E-state index in [2.05, 4.69) is 20.5 Å². The first-order chi connectivity index (χ1) is 12.9. The number of nitrogens with one attached hydrogen (secondary N) is 2. The first kappa shape index (κ1) is 19.0. The number of aryl methyl sites for hydroxylation is 2. The number of amides is 2. The highest BCUT2D eigenvalue weighted by atomic mass is 16.2. The zero-order chi connectivity index (χ0) is 19.4. The van der Waals surface area contributed by atoms with Crippen molar-refractivity contribution in [2.24, 2.45) is 0 Å². The molecule has 2 heterocycles. The molecule has 0 spiro atoms. The van der Waals surface area contributed by atoms with Crippen molar-refractivity contribution in [2.45, 2.75) is 39.8 Å². The maximum absolute atomic E-state index is 12.6. The van der Waals surface area contributed by atoms with Crippen LogP contribution in [-0.4, -0.2) is 40.8 Å². The van der Waals surface area contributed by atoms with Crippen molar-refractivity contribution < 1.29 is 9.59 Å². The number of nitrogens with zero attached hydrogens (tertiary/aromatic N) is 2. The van der Waals surface area contributed by atoms with Gasteiger partial charge >= 0.3 is 0 Å². The summed E-state index contributed by atoms with van der Waals surface area (Å²) in [5.41, 5.74) is 3.64. The molecule has 0 aliphatic carbocycles. The van der Waals surface area contributed by atoms with Crippen molar-refractivity contribution in [3.63, 3.8) is 0 Å². The second kappa shape index (κ2) is 8.31. The van der Waals surface area contributed by atoms with Gasteiger partial charge in [-0.1, -0.05) is 12.1 Å². The van der Waals surface area contributed by atoms with E-state index in [1.165, 1.54) is 0 Å². The Bertz CT molecular complexity index is 830. The number of pyridine rings is 1. The molecule has 0 radical (unpaired) electrons. The fourth-order valence-electron chi connectivity index (χ4n) is 3.54. The van der Waals surface area contributed by atoms with Crippen LogP contribution in [0.25, 0.3) is 0 Å². The average Bonchev–Trinajstić information content (AvgIpc) is 3.00. The minimum absolute atomic E-state index is 0.0144. The van der Waals surface area contributed by atoms with E-state index in [0.717, 1.165) is 42.9 Å². The summed E-state index contributed by atoms with van der Waals surface area (Å²) in [6, 6.07) is 11.7. The van der Waals surface area contributed by atoms with Gasteiger partial charge in [-0.15, -0.1) is 0 Å². The summed E-state index contributed by atoms with van der Waals surface area (Å²) in [5, 5.41) is 5.85. The van der Waals surface area contributed by atoms with Gasteiger partial charge in [0.2, 0.25) is 5.91 Å². The fourth-order valence-corrected chi connectivity index (χ4v) is 3.54. The van der Waals surface area contributed by atoms with Crippen molar-refractivity contribution >= 4 is 17.6 Å². The van der Waals surface area contributed by atoms with Gasteiger partial charge in [0, 0.05) is 43.9 Å². The minimum atomic E-state index is -0.160. The van der Waals surface area contributed by atoms with E-state index >= 15 is 0 Å². The smallest absolute Gasteiger partial charge is 0.256 e. The van der Waals surface area contributed by atoms with Crippen molar-refractivity contribution in [1.29, 1.82) is 0 Å². The average molecular weight is 366 g/mol. The lowest BCUT2D eigenvalue weighted by molar-refractivity contribution is -0.119. The Morgan fingerprint density at radius 3 is 2.78 bits per heavy atom. The Morgan fingerprint density at radius 1 is 1.22 bits per heavy atom. The quantitative estimate of drug-likeness (QED) is 0.853. The van der Waals surface area contributed by atoms with Gasteiger partial charge in [-0.25, -0.2) is 4.98 Å². The molecular formula is C21H26N4O2. The van der Waals surface area contributed by atoms with E-state index in [0.29, 0.717) is 11.4 Å². The topological polar surface area (TPSA) is 74.3 Å². The zero-order valence-electron chi connectivity index (χ0n) is 16.1. The van der Waals surface area contributed by atoms with Crippen LogP contribution in [0, 0.1) is 13.8 Å². The standard InChI is InChI=1S/C21H26N4O2/c1-14-9-15(2)22-20(10-14)24-21(27)18-6-4-5-17(11-18)12-25-8-7-19(13-25)23-16(3)26/h4-6,9-11,19H,7-8,12-13H2,1-3H3,(H,23,26)(H,22,24,27)/t19-/m0/s1. The molecule has 27 heavy (non-hydrogen) atoms. The largest absolute Gasteiger partial charge is 0.352 e. The van der Waals surface area contributed by atoms with Crippen LogP contribution >= 0.6 is 0 Å². The molecule has 1 saturated heterocycles. The maximum atomic E-state index is 12.6. The van der Waals surface area contributed by atoms with E-state index in [1.54, 1.807) is 6.92 Å². The highest BCUT2D eigenvalue weighted by Gasteiger charge is 2.23. The third-order valence-corrected chi connectivity index (χ3v) is 4.61. The van der Waals surface area contributed by atoms with Gasteiger partial charge in [-0.05, 0) is 55.7 Å². The lowest BCUT2D eigenvalue weighted by Crippen LogP contribution is -2.35. The molecule has 1 aliphatic rings. The van der Waals surface area contributed by atoms with Crippen LogP contribution in [0.1, 0.15) is 40.5 Å². The predicted octanol–water partition coefficient (Wildman–Crippen LogP) is 2.66. The molecule has 2 N–H and O–H groups in total. The van der Waals surface area contributed by atoms with Crippen molar-refractivity contribution in [1.82, 2.24) is 15.2 Å². The SMILES string of the molecule is CC(=O)N[C@H]1CCN(Cc2cccc(C(=O)Nc3cc(C)cc(C)n3)c2)C1. The van der Waals surface area contributed by atoms with E-state index in [4.69, 9.17) is 0 Å². The summed E-state index contributed by atoms with van der Waals surface area (Å²) >= 11 is 0. The molecule has 6 heteroatoms. The van der Waals surface area contributed by atoms with Gasteiger partial charge in [0.1, 0.15) is 5.82 Å². The van der Waals surface area contributed by atoms with Gasteiger partial charge in [-0.3, -0.25) is 14.5 Å². The van der Waals surface area contributed by atoms with Gasteiger partial charge in [0.15, 0.2) is 0 Å². The number of rotatable bonds is 5. The molecule has 6 nitrogen and oxygen atoms in total. The number of benzene rings is 1. The van der Waals surface area contributed by atoms with Crippen molar-refractivity contribution in [3.05, 3.63) is 58.8 Å². The number of anilines is 1. The number of hydrogen-bond acceptors (Lipinski definition) is 4. The molecule has 0 unspecified atom stereocenters. The molecule has 1 aromatic carbocycles. The second-order valence-electron chi connectivity index (χ2n) is 7.25. The Balaban J connectivity index is 1.63. The van der Waals surface area contributed by atoms with Crippen LogP contribution in [-0.2, 0) is 11.3 Å². The Kier molecular flexibility index (Phi) is 5.86. The third kappa shape index (κ3) is 5.37. The van der Waals surface area contributed by atoms with Crippen LogP contribution in [0.3, 0.4) is 0 Å². The van der Waals surface area contributed by atoms with Gasteiger partial charge in [-0.2, -0.15) is 0 Å². The van der Waals surface area contributed by atoms with Crippen LogP contribution in [0.5, 0.6) is 0 Å². The van der Waals surface area contributed by atoms with E-state index in [-0.39, 0.29) is 17.9 Å². The molecule has 3 rings (SSSR count). The number of aromatic nitrogens is 1. The molecule has 142 valence electrons. The second-order valence-corrected chi connectivity index (χ2v) is 7.25. The van der Waals surface area contributed by atoms with Crippen molar-refractivity contribution in [2.75, 3.05) is 18.4 Å². The van der Waals surface area contributed by atoms with Crippen molar-refractivity contribution in [3.8, 4) is 0 Å². The lowest BCUT2D eigenvalue weighted by atomic mass is 10.1.